The molecule has 0 aliphatic carbocycles. The van der Waals surface area contributed by atoms with E-state index in [0.29, 0.717) is 45.1 Å². The van der Waals surface area contributed by atoms with Crippen LogP contribution in [-0.4, -0.2) is 61.7 Å². The zero-order chi connectivity index (χ0) is 43.0. The van der Waals surface area contributed by atoms with Gasteiger partial charge in [0.05, 0.1) is 22.9 Å². The molecule has 0 saturated carbocycles. The first-order valence-electron chi connectivity index (χ1n) is 18.1. The maximum absolute atomic E-state index is 13.2. The maximum atomic E-state index is 13.2. The van der Waals surface area contributed by atoms with Gasteiger partial charge in [0.2, 0.25) is 0 Å². The molecule has 12 nitrogen and oxygen atoms in total. The molecule has 4 heterocycles. The Morgan fingerprint density at radius 1 is 0.500 bits per heavy atom. The minimum Gasteiger partial charge on any atom is -0.512 e. The largest absolute Gasteiger partial charge is 0.512 e. The van der Waals surface area contributed by atoms with E-state index in [2.05, 4.69) is 52.0 Å². The van der Waals surface area contributed by atoms with Crippen molar-refractivity contribution in [3.63, 3.8) is 0 Å². The summed E-state index contributed by atoms with van der Waals surface area (Å²) in [5.41, 5.74) is 7.49. The number of benzene rings is 4. The predicted molar refractivity (Wildman–Crippen MR) is 224 cm³/mol. The van der Waals surface area contributed by atoms with Crippen LogP contribution in [0.25, 0.3) is 67.6 Å². The van der Waals surface area contributed by atoms with E-state index < -0.39 is 5.82 Å². The van der Waals surface area contributed by atoms with Crippen molar-refractivity contribution in [3.8, 4) is 45.0 Å². The van der Waals surface area contributed by atoms with Crippen LogP contribution >= 0.6 is 0 Å². The van der Waals surface area contributed by atoms with Gasteiger partial charge in [-0.1, -0.05) is 42.5 Å². The van der Waals surface area contributed by atoms with Gasteiger partial charge in [-0.05, 0) is 51.0 Å². The number of ketones is 2. The molecule has 4 aromatic heterocycles. The number of allylic oxidation sites excluding steroid dienone is 4. The van der Waals surface area contributed by atoms with Crippen molar-refractivity contribution in [2.24, 2.45) is 0 Å². The second kappa shape index (κ2) is 24.5. The van der Waals surface area contributed by atoms with Crippen LogP contribution in [-0.2, 0) is 49.8 Å². The van der Waals surface area contributed by atoms with Crippen LogP contribution in [0.4, 0.5) is 8.78 Å². The quantitative estimate of drug-likeness (QED) is 0.0918. The molecule has 0 aliphatic rings. The molecule has 0 aliphatic heterocycles. The van der Waals surface area contributed by atoms with Crippen LogP contribution in [0.3, 0.4) is 0 Å². The standard InChI is InChI=1S/C18H9F2N4.C18H11N4.2C5H8O2.2Ir/c19-13-5-1-11(2-6-13)15-16(12-3-7-14(20)8-4-12)24-18-17(23-15)21-9-10-22-18;1-3-7-13(8-4-1)15-16(14-9-5-2-6-10-14)22-18-17(21-15)19-11-12-20-18;2*1-4(6)3-5(2)7;;/h1-3,5-10H;1-9,11-12H;2*3,6H,1-2H3;;/q2*-1;;;;. The van der Waals surface area contributed by atoms with Gasteiger partial charge < -0.3 is 10.2 Å². The summed E-state index contributed by atoms with van der Waals surface area (Å²) >= 11 is 0. The van der Waals surface area contributed by atoms with E-state index >= 15 is 0 Å². The van der Waals surface area contributed by atoms with Gasteiger partial charge in [-0.3, -0.25) is 23.9 Å². The van der Waals surface area contributed by atoms with Gasteiger partial charge in [0, 0.05) is 94.4 Å². The number of rotatable bonds is 6. The van der Waals surface area contributed by atoms with Crippen molar-refractivity contribution < 1.29 is 68.8 Å². The molecule has 0 unspecified atom stereocenters. The number of hydrogen-bond acceptors (Lipinski definition) is 12. The van der Waals surface area contributed by atoms with Gasteiger partial charge in [0.1, 0.15) is 5.82 Å². The summed E-state index contributed by atoms with van der Waals surface area (Å²) < 4.78 is 26.4. The summed E-state index contributed by atoms with van der Waals surface area (Å²) in [4.78, 5) is 55.2. The van der Waals surface area contributed by atoms with Gasteiger partial charge in [0.25, 0.3) is 0 Å². The van der Waals surface area contributed by atoms with Crippen molar-refractivity contribution in [2.45, 2.75) is 27.7 Å². The molecular weight excluding hydrogens is 1150 g/mol. The van der Waals surface area contributed by atoms with Gasteiger partial charge in [-0.15, -0.1) is 65.7 Å². The smallest absolute Gasteiger partial charge is 0.196 e. The van der Waals surface area contributed by atoms with E-state index in [1.165, 1.54) is 76.5 Å². The van der Waals surface area contributed by atoms with Crippen LogP contribution in [0.1, 0.15) is 27.7 Å². The van der Waals surface area contributed by atoms with Crippen LogP contribution in [0.15, 0.2) is 146 Å². The fraction of sp³-hybridized carbons (Fsp3) is 0.0870. The third-order valence-electron chi connectivity index (χ3n) is 7.62. The molecule has 2 N–H and O–H groups in total. The molecule has 0 spiro atoms. The fourth-order valence-electron chi connectivity index (χ4n) is 5.26. The zero-order valence-corrected chi connectivity index (χ0v) is 38.2. The third-order valence-corrected chi connectivity index (χ3v) is 7.62. The van der Waals surface area contributed by atoms with Crippen molar-refractivity contribution in [1.82, 2.24) is 39.9 Å². The Kier molecular flexibility index (Phi) is 19.6. The second-order valence-corrected chi connectivity index (χ2v) is 12.6. The third kappa shape index (κ3) is 14.8. The zero-order valence-electron chi connectivity index (χ0n) is 33.4. The second-order valence-electron chi connectivity index (χ2n) is 12.6. The number of hydrogen-bond donors (Lipinski definition) is 2. The van der Waals surface area contributed by atoms with E-state index in [4.69, 9.17) is 10.2 Å². The summed E-state index contributed by atoms with van der Waals surface area (Å²) in [6.07, 6.45) is 8.62. The monoisotopic (exact) mass is 1190 g/mol. The molecule has 62 heavy (non-hydrogen) atoms. The number of aliphatic hydroxyl groups is 2. The minimum atomic E-state index is -0.393. The molecular formula is C46H36F2Ir2N8O4-2. The van der Waals surface area contributed by atoms with Crippen molar-refractivity contribution >= 4 is 34.2 Å². The Labute approximate surface area is 382 Å². The molecule has 318 valence electrons. The number of aromatic nitrogens is 8. The Bertz CT molecular complexity index is 2590. The van der Waals surface area contributed by atoms with Gasteiger partial charge >= 0.3 is 0 Å². The van der Waals surface area contributed by atoms with E-state index in [9.17, 15) is 18.4 Å². The number of carbonyl (C=O) groups excluding carboxylic acids is 2. The first-order chi connectivity index (χ1) is 28.9. The summed E-state index contributed by atoms with van der Waals surface area (Å²) in [6, 6.07) is 33.8. The molecule has 4 aromatic carbocycles. The Morgan fingerprint density at radius 2 is 0.903 bits per heavy atom. The SMILES string of the molecule is CC(=O)C=C(C)O.CC(=O)C=C(C)O.Fc1c[c-]c(-c2nc3nccnc3nc2-c2ccc(F)cc2)cc1.[Ir].[Ir].[c-]1ccccc1-c1nc2nccnc2nc1-c1ccccc1. The molecule has 0 fully saturated rings. The first kappa shape index (κ1) is 49.7. The summed E-state index contributed by atoms with van der Waals surface area (Å²) in [7, 11) is 0. The van der Waals surface area contributed by atoms with Crippen molar-refractivity contribution in [1.29, 1.82) is 0 Å². The van der Waals surface area contributed by atoms with E-state index in [-0.39, 0.29) is 69.1 Å². The Hall–Kier alpha value is -6.70. The van der Waals surface area contributed by atoms with Gasteiger partial charge in [-0.25, -0.2) is 34.3 Å². The van der Waals surface area contributed by atoms with Crippen molar-refractivity contribution in [3.05, 3.63) is 169 Å². The molecule has 8 aromatic rings. The number of nitrogens with zero attached hydrogens (tertiary/aromatic N) is 8. The van der Waals surface area contributed by atoms with Crippen LogP contribution < -0.4 is 0 Å². The van der Waals surface area contributed by atoms with Crippen LogP contribution in [0.5, 0.6) is 0 Å². The minimum absolute atomic E-state index is 0. The molecule has 0 amide bonds. The Morgan fingerprint density at radius 3 is 1.27 bits per heavy atom. The average Bonchev–Trinajstić information content (AvgIpc) is 3.24. The number of halogens is 2. The van der Waals surface area contributed by atoms with E-state index in [1.54, 1.807) is 30.6 Å². The topological polar surface area (TPSA) is 178 Å². The van der Waals surface area contributed by atoms with Crippen molar-refractivity contribution in [2.75, 3.05) is 0 Å². The number of fused-ring (bicyclic) bond motifs is 2. The van der Waals surface area contributed by atoms with Crippen LogP contribution in [0, 0.1) is 23.8 Å². The summed E-state index contributed by atoms with van der Waals surface area (Å²) in [5, 5.41) is 16.7. The van der Waals surface area contributed by atoms with E-state index in [1.807, 2.05) is 54.6 Å². The number of aliphatic hydroxyl groups excluding tert-OH is 2. The summed E-state index contributed by atoms with van der Waals surface area (Å²) in [6.45, 7) is 5.70. The van der Waals surface area contributed by atoms with Crippen LogP contribution in [0.2, 0.25) is 0 Å². The molecule has 2 radical (unpaired) electrons. The molecule has 16 heteroatoms. The first-order valence-corrected chi connectivity index (χ1v) is 18.1. The predicted octanol–water partition coefficient (Wildman–Crippen LogP) is 9.46. The molecule has 0 bridgehead atoms. The normalized spacial score (nSPS) is 10.6. The Balaban J connectivity index is 0.000000249. The van der Waals surface area contributed by atoms with Gasteiger partial charge in [0.15, 0.2) is 34.2 Å². The molecule has 0 saturated heterocycles. The fourth-order valence-corrected chi connectivity index (χ4v) is 5.26. The summed E-state index contributed by atoms with van der Waals surface area (Å²) in [5.74, 6) is -0.863. The molecule has 0 atom stereocenters. The average molecular weight is 1190 g/mol. The van der Waals surface area contributed by atoms with E-state index in [0.717, 1.165) is 22.5 Å². The maximum Gasteiger partial charge on any atom is 0.196 e. The van der Waals surface area contributed by atoms with Gasteiger partial charge in [-0.2, -0.15) is 0 Å². The number of carbonyl (C=O) groups is 2. The molecule has 8 rings (SSSR count).